The molecule has 0 aliphatic carbocycles. The van der Waals surface area contributed by atoms with Gasteiger partial charge < -0.3 is 5.32 Å². The van der Waals surface area contributed by atoms with Gasteiger partial charge in [0.25, 0.3) is 0 Å². The highest BCUT2D eigenvalue weighted by atomic mass is 35.5. The molecule has 0 saturated carbocycles. The second-order valence-corrected chi connectivity index (χ2v) is 6.85. The van der Waals surface area contributed by atoms with E-state index in [1.54, 1.807) is 49.4 Å². The van der Waals surface area contributed by atoms with Gasteiger partial charge in [0.05, 0.1) is 11.9 Å². The van der Waals surface area contributed by atoms with E-state index in [9.17, 15) is 9.59 Å². The van der Waals surface area contributed by atoms with Crippen LogP contribution in [0.25, 0.3) is 11.3 Å². The van der Waals surface area contributed by atoms with Gasteiger partial charge in [0.2, 0.25) is 5.91 Å². The average Bonchev–Trinajstić information content (AvgIpc) is 2.64. The molecule has 0 fully saturated rings. The summed E-state index contributed by atoms with van der Waals surface area (Å²) < 4.78 is 1.03. The van der Waals surface area contributed by atoms with Crippen molar-refractivity contribution in [1.29, 1.82) is 0 Å². The molecule has 3 rings (SSSR count). The zero-order valence-corrected chi connectivity index (χ0v) is 16.1. The maximum Gasteiger partial charge on any atom is 0.365 e. The number of carbonyl (C=O) groups excluding carboxylic acids is 1. The molecule has 6 nitrogen and oxygen atoms in total. The van der Waals surface area contributed by atoms with Crippen molar-refractivity contribution in [2.75, 3.05) is 5.32 Å². The molecule has 0 bridgehead atoms. The summed E-state index contributed by atoms with van der Waals surface area (Å²) in [5.41, 5.74) is 1.95. The summed E-state index contributed by atoms with van der Waals surface area (Å²) in [6.45, 7) is 3.44. The number of rotatable bonds is 4. The molecule has 1 N–H and O–H groups in total. The van der Waals surface area contributed by atoms with Crippen LogP contribution in [0.1, 0.15) is 18.5 Å². The summed E-state index contributed by atoms with van der Waals surface area (Å²) in [7, 11) is 0. The number of halogens is 2. The molecular formula is C19H16Cl2N4O2. The summed E-state index contributed by atoms with van der Waals surface area (Å²) in [6, 6.07) is 11.2. The highest BCUT2D eigenvalue weighted by Crippen LogP contribution is 2.21. The first-order valence-electron chi connectivity index (χ1n) is 8.14. The van der Waals surface area contributed by atoms with Crippen molar-refractivity contribution in [2.45, 2.75) is 19.9 Å². The third kappa shape index (κ3) is 4.35. The maximum atomic E-state index is 12.5. The Morgan fingerprint density at radius 2 is 1.85 bits per heavy atom. The van der Waals surface area contributed by atoms with Gasteiger partial charge in [-0.1, -0.05) is 41.4 Å². The first-order valence-corrected chi connectivity index (χ1v) is 8.89. The van der Waals surface area contributed by atoms with Crippen LogP contribution in [0.4, 0.5) is 5.69 Å². The van der Waals surface area contributed by atoms with Crippen LogP contribution in [0.15, 0.2) is 53.5 Å². The second kappa shape index (κ2) is 7.90. The Labute approximate surface area is 165 Å². The Morgan fingerprint density at radius 1 is 1.15 bits per heavy atom. The number of hydrogen-bond donors (Lipinski definition) is 1. The molecule has 1 atom stereocenters. The van der Waals surface area contributed by atoms with E-state index in [-0.39, 0.29) is 0 Å². The Balaban J connectivity index is 1.80. The van der Waals surface area contributed by atoms with Gasteiger partial charge in [0.15, 0.2) is 0 Å². The van der Waals surface area contributed by atoms with Gasteiger partial charge in [0, 0.05) is 21.3 Å². The largest absolute Gasteiger partial charge is 0.365 e. The summed E-state index contributed by atoms with van der Waals surface area (Å²) >= 11 is 11.9. The molecule has 3 aromatic rings. The van der Waals surface area contributed by atoms with Gasteiger partial charge in [-0.05, 0) is 43.7 Å². The molecule has 1 unspecified atom stereocenters. The topological polar surface area (TPSA) is 76.9 Å². The van der Waals surface area contributed by atoms with E-state index < -0.39 is 17.6 Å². The van der Waals surface area contributed by atoms with E-state index in [1.807, 2.05) is 6.92 Å². The number of anilines is 1. The first kappa shape index (κ1) is 19.1. The lowest BCUT2D eigenvalue weighted by Gasteiger charge is -2.14. The van der Waals surface area contributed by atoms with E-state index in [2.05, 4.69) is 15.4 Å². The number of nitrogens with zero attached hydrogens (tertiary/aromatic N) is 3. The molecule has 2 aromatic carbocycles. The van der Waals surface area contributed by atoms with Crippen molar-refractivity contribution in [3.05, 3.63) is 74.8 Å². The highest BCUT2D eigenvalue weighted by molar-refractivity contribution is 6.31. The SMILES string of the molecule is Cc1ccc(NC(=O)C(C)n2ncc(-c3ccc(Cl)cc3)nc2=O)cc1Cl. The maximum absolute atomic E-state index is 12.5. The molecule has 138 valence electrons. The van der Waals surface area contributed by atoms with Crippen LogP contribution in [0.2, 0.25) is 10.0 Å². The van der Waals surface area contributed by atoms with Crippen molar-refractivity contribution in [2.24, 2.45) is 0 Å². The van der Waals surface area contributed by atoms with Gasteiger partial charge in [-0.25, -0.2) is 9.48 Å². The molecule has 27 heavy (non-hydrogen) atoms. The molecule has 1 aromatic heterocycles. The second-order valence-electron chi connectivity index (χ2n) is 6.00. The standard InChI is InChI=1S/C19H16Cl2N4O2/c1-11-3-8-15(9-16(11)21)23-18(26)12(2)25-19(27)24-17(10-22-25)13-4-6-14(20)7-5-13/h3-10,12H,1-2H3,(H,23,26). The van der Waals surface area contributed by atoms with E-state index in [0.29, 0.717) is 27.0 Å². The van der Waals surface area contributed by atoms with E-state index >= 15 is 0 Å². The summed E-state index contributed by atoms with van der Waals surface area (Å²) in [5.74, 6) is -0.398. The fourth-order valence-electron chi connectivity index (χ4n) is 2.40. The molecule has 1 heterocycles. The van der Waals surface area contributed by atoms with Gasteiger partial charge in [0.1, 0.15) is 6.04 Å². The summed E-state index contributed by atoms with van der Waals surface area (Å²) in [4.78, 5) is 28.8. The average molecular weight is 403 g/mol. The predicted molar refractivity (Wildman–Crippen MR) is 106 cm³/mol. The van der Waals surface area contributed by atoms with E-state index in [4.69, 9.17) is 23.2 Å². The number of benzene rings is 2. The summed E-state index contributed by atoms with van der Waals surface area (Å²) in [6.07, 6.45) is 1.44. The van der Waals surface area contributed by atoms with Crippen molar-refractivity contribution in [1.82, 2.24) is 14.8 Å². The highest BCUT2D eigenvalue weighted by Gasteiger charge is 2.19. The van der Waals surface area contributed by atoms with Crippen LogP contribution in [0.3, 0.4) is 0 Å². The van der Waals surface area contributed by atoms with Gasteiger partial charge in [-0.2, -0.15) is 10.1 Å². The van der Waals surface area contributed by atoms with Gasteiger partial charge in [-0.3, -0.25) is 4.79 Å². The van der Waals surface area contributed by atoms with Crippen molar-refractivity contribution in [3.8, 4) is 11.3 Å². The molecule has 0 aliphatic heterocycles. The molecular weight excluding hydrogens is 387 g/mol. The number of aryl methyl sites for hydroxylation is 1. The van der Waals surface area contributed by atoms with Crippen LogP contribution in [-0.4, -0.2) is 20.7 Å². The molecule has 0 saturated heterocycles. The molecule has 0 radical (unpaired) electrons. The summed E-state index contributed by atoms with van der Waals surface area (Å²) in [5, 5.41) is 7.95. The first-order chi connectivity index (χ1) is 12.8. The van der Waals surface area contributed by atoms with E-state index in [0.717, 1.165) is 10.2 Å². The fraction of sp³-hybridized carbons (Fsp3) is 0.158. The fourth-order valence-corrected chi connectivity index (χ4v) is 2.71. The monoisotopic (exact) mass is 402 g/mol. The minimum Gasteiger partial charge on any atom is -0.324 e. The lowest BCUT2D eigenvalue weighted by molar-refractivity contribution is -0.119. The van der Waals surface area contributed by atoms with Crippen molar-refractivity contribution >= 4 is 34.8 Å². The van der Waals surface area contributed by atoms with Crippen molar-refractivity contribution in [3.63, 3.8) is 0 Å². The van der Waals surface area contributed by atoms with Gasteiger partial charge in [-0.15, -0.1) is 0 Å². The zero-order chi connectivity index (χ0) is 19.6. The molecule has 1 amide bonds. The van der Waals surface area contributed by atoms with Crippen LogP contribution in [0.5, 0.6) is 0 Å². The van der Waals surface area contributed by atoms with Crippen LogP contribution >= 0.6 is 23.2 Å². The minimum absolute atomic E-state index is 0.398. The van der Waals surface area contributed by atoms with Crippen LogP contribution in [-0.2, 0) is 4.79 Å². The Morgan fingerprint density at radius 3 is 2.48 bits per heavy atom. The lowest BCUT2D eigenvalue weighted by Crippen LogP contribution is -2.34. The Hall–Kier alpha value is -2.70. The third-order valence-corrected chi connectivity index (χ3v) is 4.70. The quantitative estimate of drug-likeness (QED) is 0.711. The number of amides is 1. The van der Waals surface area contributed by atoms with Crippen LogP contribution in [0, 0.1) is 6.92 Å². The minimum atomic E-state index is -0.843. The van der Waals surface area contributed by atoms with Crippen molar-refractivity contribution < 1.29 is 4.79 Å². The van der Waals surface area contributed by atoms with Crippen LogP contribution < -0.4 is 11.0 Å². The third-order valence-electron chi connectivity index (χ3n) is 4.04. The number of nitrogens with one attached hydrogen (secondary N) is 1. The lowest BCUT2D eigenvalue weighted by atomic mass is 10.2. The number of carbonyl (C=O) groups is 1. The smallest absolute Gasteiger partial charge is 0.324 e. The predicted octanol–water partition coefficient (Wildman–Crippen LogP) is 4.12. The zero-order valence-electron chi connectivity index (χ0n) is 14.6. The normalized spacial score (nSPS) is 11.9. The molecule has 0 aliphatic rings. The number of aromatic nitrogens is 3. The molecule has 8 heteroatoms. The van der Waals surface area contributed by atoms with Gasteiger partial charge >= 0.3 is 5.69 Å². The van der Waals surface area contributed by atoms with E-state index in [1.165, 1.54) is 6.20 Å². The molecule has 0 spiro atoms. The Bertz CT molecular complexity index is 1050. The number of hydrogen-bond acceptors (Lipinski definition) is 4. The Kier molecular flexibility index (Phi) is 5.58.